The molecule has 2 atom stereocenters. The van der Waals surface area contributed by atoms with E-state index in [9.17, 15) is 0 Å². The van der Waals surface area contributed by atoms with Gasteiger partial charge in [-0.05, 0) is 32.2 Å². The van der Waals surface area contributed by atoms with Crippen LogP contribution in [0.15, 0.2) is 12.4 Å². The molecule has 1 aromatic rings. The standard InChI is InChI=1S/C13H24N4O/c1-11-3-4-12(9-14)10-17(11)13-15-5-6-16(13)7-8-18-2/h5-6,11-12H,3-4,7-10,14H2,1-2H3. The van der Waals surface area contributed by atoms with E-state index in [2.05, 4.69) is 21.4 Å². The van der Waals surface area contributed by atoms with E-state index in [0.717, 1.165) is 25.6 Å². The summed E-state index contributed by atoms with van der Waals surface area (Å²) in [7, 11) is 1.73. The predicted octanol–water partition coefficient (Wildman–Crippen LogP) is 1.09. The smallest absolute Gasteiger partial charge is 0.205 e. The second-order valence-electron chi connectivity index (χ2n) is 5.09. The molecular weight excluding hydrogens is 228 g/mol. The quantitative estimate of drug-likeness (QED) is 0.852. The Balaban J connectivity index is 2.10. The van der Waals surface area contributed by atoms with E-state index in [0.29, 0.717) is 18.6 Å². The summed E-state index contributed by atoms with van der Waals surface area (Å²) in [5.74, 6) is 1.64. The first-order valence-corrected chi connectivity index (χ1v) is 6.73. The number of methoxy groups -OCH3 is 1. The van der Waals surface area contributed by atoms with Gasteiger partial charge in [0.05, 0.1) is 6.61 Å². The van der Waals surface area contributed by atoms with Crippen molar-refractivity contribution in [2.45, 2.75) is 32.4 Å². The number of ether oxygens (including phenoxy) is 1. The number of piperidine rings is 1. The van der Waals surface area contributed by atoms with Gasteiger partial charge in [0.15, 0.2) is 0 Å². The molecule has 102 valence electrons. The van der Waals surface area contributed by atoms with Crippen molar-refractivity contribution in [3.8, 4) is 0 Å². The highest BCUT2D eigenvalue weighted by Crippen LogP contribution is 2.26. The maximum atomic E-state index is 5.81. The lowest BCUT2D eigenvalue weighted by molar-refractivity contribution is 0.187. The van der Waals surface area contributed by atoms with E-state index < -0.39 is 0 Å². The second kappa shape index (κ2) is 6.20. The average Bonchev–Trinajstić information content (AvgIpc) is 2.85. The summed E-state index contributed by atoms with van der Waals surface area (Å²) in [5.41, 5.74) is 5.81. The first kappa shape index (κ1) is 13.4. The Morgan fingerprint density at radius 1 is 1.50 bits per heavy atom. The van der Waals surface area contributed by atoms with Crippen molar-refractivity contribution in [3.63, 3.8) is 0 Å². The molecule has 0 spiro atoms. The minimum atomic E-state index is 0.538. The summed E-state index contributed by atoms with van der Waals surface area (Å²) < 4.78 is 7.31. The zero-order valence-electron chi connectivity index (χ0n) is 11.4. The topological polar surface area (TPSA) is 56.3 Å². The van der Waals surface area contributed by atoms with Gasteiger partial charge in [-0.25, -0.2) is 4.98 Å². The number of aromatic nitrogens is 2. The molecule has 1 fully saturated rings. The van der Waals surface area contributed by atoms with E-state index in [1.165, 1.54) is 12.8 Å². The lowest BCUT2D eigenvalue weighted by Crippen LogP contribution is -2.45. The molecule has 18 heavy (non-hydrogen) atoms. The molecule has 0 bridgehead atoms. The van der Waals surface area contributed by atoms with Gasteiger partial charge in [0, 0.05) is 38.6 Å². The molecule has 1 aliphatic heterocycles. The Morgan fingerprint density at radius 2 is 2.33 bits per heavy atom. The zero-order valence-corrected chi connectivity index (χ0v) is 11.4. The molecule has 0 saturated carbocycles. The Morgan fingerprint density at radius 3 is 3.06 bits per heavy atom. The van der Waals surface area contributed by atoms with Crippen LogP contribution in [-0.4, -0.2) is 42.4 Å². The summed E-state index contributed by atoms with van der Waals surface area (Å²) in [6.07, 6.45) is 6.31. The molecule has 5 heteroatoms. The molecule has 5 nitrogen and oxygen atoms in total. The third-order valence-corrected chi connectivity index (χ3v) is 3.80. The van der Waals surface area contributed by atoms with Crippen LogP contribution in [0.1, 0.15) is 19.8 Å². The fourth-order valence-electron chi connectivity index (χ4n) is 2.58. The van der Waals surface area contributed by atoms with Gasteiger partial charge in [-0.2, -0.15) is 0 Å². The normalized spacial score (nSPS) is 24.5. The molecule has 1 aromatic heterocycles. The number of hydrogen-bond acceptors (Lipinski definition) is 4. The first-order valence-electron chi connectivity index (χ1n) is 6.73. The maximum absolute atomic E-state index is 5.81. The molecule has 0 radical (unpaired) electrons. The summed E-state index contributed by atoms with van der Waals surface area (Å²) >= 11 is 0. The van der Waals surface area contributed by atoms with Gasteiger partial charge in [0.1, 0.15) is 0 Å². The molecule has 2 rings (SSSR count). The van der Waals surface area contributed by atoms with Crippen molar-refractivity contribution in [2.75, 3.05) is 31.7 Å². The minimum absolute atomic E-state index is 0.538. The first-order chi connectivity index (χ1) is 8.76. The van der Waals surface area contributed by atoms with E-state index >= 15 is 0 Å². The Labute approximate surface area is 109 Å². The fourth-order valence-corrected chi connectivity index (χ4v) is 2.58. The van der Waals surface area contributed by atoms with E-state index in [1.807, 2.05) is 12.4 Å². The van der Waals surface area contributed by atoms with Crippen LogP contribution < -0.4 is 10.6 Å². The highest BCUT2D eigenvalue weighted by molar-refractivity contribution is 5.34. The van der Waals surface area contributed by atoms with E-state index in [4.69, 9.17) is 10.5 Å². The van der Waals surface area contributed by atoms with Crippen molar-refractivity contribution in [3.05, 3.63) is 12.4 Å². The monoisotopic (exact) mass is 252 g/mol. The van der Waals surface area contributed by atoms with Gasteiger partial charge in [-0.15, -0.1) is 0 Å². The van der Waals surface area contributed by atoms with Crippen LogP contribution in [0.5, 0.6) is 0 Å². The average molecular weight is 252 g/mol. The van der Waals surface area contributed by atoms with Crippen LogP contribution in [0, 0.1) is 5.92 Å². The van der Waals surface area contributed by atoms with Crippen LogP contribution in [0.25, 0.3) is 0 Å². The summed E-state index contributed by atoms with van der Waals surface area (Å²) in [5, 5.41) is 0. The Bertz CT molecular complexity index is 366. The summed E-state index contributed by atoms with van der Waals surface area (Å²) in [4.78, 5) is 6.89. The summed E-state index contributed by atoms with van der Waals surface area (Å²) in [6.45, 7) is 5.61. The Kier molecular flexibility index (Phi) is 4.60. The second-order valence-corrected chi connectivity index (χ2v) is 5.09. The third kappa shape index (κ3) is 2.84. The fraction of sp³-hybridized carbons (Fsp3) is 0.769. The number of rotatable bonds is 5. The number of hydrogen-bond donors (Lipinski definition) is 1. The van der Waals surface area contributed by atoms with Gasteiger partial charge in [0.25, 0.3) is 0 Å². The predicted molar refractivity (Wildman–Crippen MR) is 72.7 cm³/mol. The van der Waals surface area contributed by atoms with Gasteiger partial charge in [-0.3, -0.25) is 0 Å². The van der Waals surface area contributed by atoms with Crippen LogP contribution in [0.4, 0.5) is 5.95 Å². The molecule has 2 heterocycles. The van der Waals surface area contributed by atoms with Crippen molar-refractivity contribution in [1.29, 1.82) is 0 Å². The molecule has 1 saturated heterocycles. The van der Waals surface area contributed by atoms with E-state index in [-0.39, 0.29) is 0 Å². The van der Waals surface area contributed by atoms with Gasteiger partial charge in [0.2, 0.25) is 5.95 Å². The van der Waals surface area contributed by atoms with Crippen molar-refractivity contribution in [2.24, 2.45) is 11.7 Å². The van der Waals surface area contributed by atoms with Crippen LogP contribution in [0.3, 0.4) is 0 Å². The van der Waals surface area contributed by atoms with Crippen LogP contribution >= 0.6 is 0 Å². The molecule has 1 aliphatic rings. The number of nitrogens with zero attached hydrogens (tertiary/aromatic N) is 3. The van der Waals surface area contributed by atoms with Crippen LogP contribution in [-0.2, 0) is 11.3 Å². The molecule has 2 unspecified atom stereocenters. The van der Waals surface area contributed by atoms with Crippen molar-refractivity contribution < 1.29 is 4.74 Å². The lowest BCUT2D eigenvalue weighted by atomic mass is 9.94. The van der Waals surface area contributed by atoms with Gasteiger partial charge >= 0.3 is 0 Å². The Hall–Kier alpha value is -1.07. The maximum Gasteiger partial charge on any atom is 0.205 e. The number of nitrogens with two attached hydrogens (primary N) is 1. The van der Waals surface area contributed by atoms with Gasteiger partial charge in [-0.1, -0.05) is 0 Å². The minimum Gasteiger partial charge on any atom is -0.383 e. The lowest BCUT2D eigenvalue weighted by Gasteiger charge is -2.38. The van der Waals surface area contributed by atoms with Gasteiger partial charge < -0.3 is 19.9 Å². The van der Waals surface area contributed by atoms with Crippen LogP contribution in [0.2, 0.25) is 0 Å². The molecular formula is C13H24N4O. The molecule has 2 N–H and O–H groups in total. The molecule has 0 aromatic carbocycles. The molecule has 0 aliphatic carbocycles. The largest absolute Gasteiger partial charge is 0.383 e. The summed E-state index contributed by atoms with van der Waals surface area (Å²) in [6, 6.07) is 0.538. The molecule has 0 amide bonds. The van der Waals surface area contributed by atoms with Crippen molar-refractivity contribution in [1.82, 2.24) is 9.55 Å². The number of anilines is 1. The highest BCUT2D eigenvalue weighted by atomic mass is 16.5. The van der Waals surface area contributed by atoms with Crippen molar-refractivity contribution >= 4 is 5.95 Å². The zero-order chi connectivity index (χ0) is 13.0. The van der Waals surface area contributed by atoms with E-state index in [1.54, 1.807) is 7.11 Å². The highest BCUT2D eigenvalue weighted by Gasteiger charge is 2.27. The SMILES string of the molecule is COCCn1ccnc1N1CC(CN)CCC1C. The third-order valence-electron chi connectivity index (χ3n) is 3.80. The number of imidazole rings is 1.